The van der Waals surface area contributed by atoms with Crippen LogP contribution in [0, 0.1) is 0 Å². The smallest absolute Gasteiger partial charge is 0.256 e. The number of benzene rings is 2. The molecule has 22 heavy (non-hydrogen) atoms. The van der Waals surface area contributed by atoms with Crippen molar-refractivity contribution in [2.75, 3.05) is 5.32 Å². The molecule has 0 bridgehead atoms. The summed E-state index contributed by atoms with van der Waals surface area (Å²) in [6, 6.07) is 15.7. The van der Waals surface area contributed by atoms with Gasteiger partial charge in [-0.2, -0.15) is 0 Å². The third-order valence-electron chi connectivity index (χ3n) is 3.93. The van der Waals surface area contributed by atoms with Gasteiger partial charge in [0.1, 0.15) is 0 Å². The van der Waals surface area contributed by atoms with Crippen LogP contribution >= 0.6 is 11.6 Å². The first-order chi connectivity index (χ1) is 10.7. The normalized spacial score (nSPS) is 15.5. The maximum Gasteiger partial charge on any atom is 0.256 e. The molecule has 1 aliphatic heterocycles. The van der Waals surface area contributed by atoms with Crippen LogP contribution in [0.5, 0.6) is 0 Å². The molecule has 0 saturated heterocycles. The highest BCUT2D eigenvalue weighted by Crippen LogP contribution is 2.40. The van der Waals surface area contributed by atoms with Gasteiger partial charge < -0.3 is 5.32 Å². The predicted molar refractivity (Wildman–Crippen MR) is 92.9 cm³/mol. The van der Waals surface area contributed by atoms with Crippen LogP contribution < -0.4 is 5.32 Å². The SMILES string of the molecule is CCCC/C(=C1/C(=O)Nc2ccc(Cl)cc21)c1ccccc1. The second-order valence-corrected chi connectivity index (χ2v) is 5.90. The van der Waals surface area contributed by atoms with Crippen molar-refractivity contribution in [1.29, 1.82) is 0 Å². The largest absolute Gasteiger partial charge is 0.321 e. The number of hydrogen-bond acceptors (Lipinski definition) is 1. The van der Waals surface area contributed by atoms with Gasteiger partial charge in [-0.3, -0.25) is 4.79 Å². The van der Waals surface area contributed by atoms with Crippen LogP contribution in [0.15, 0.2) is 48.5 Å². The van der Waals surface area contributed by atoms with Crippen molar-refractivity contribution in [1.82, 2.24) is 0 Å². The highest BCUT2D eigenvalue weighted by molar-refractivity contribution is 6.38. The van der Waals surface area contributed by atoms with Crippen LogP contribution in [0.2, 0.25) is 5.02 Å². The second kappa shape index (κ2) is 6.37. The Morgan fingerprint density at radius 2 is 1.91 bits per heavy atom. The van der Waals surface area contributed by atoms with E-state index in [2.05, 4.69) is 24.4 Å². The van der Waals surface area contributed by atoms with Crippen LogP contribution in [0.1, 0.15) is 37.3 Å². The minimum atomic E-state index is -0.0350. The number of allylic oxidation sites excluding steroid dienone is 1. The number of anilines is 1. The Kier molecular flexibility index (Phi) is 4.30. The summed E-state index contributed by atoms with van der Waals surface area (Å²) in [5.74, 6) is -0.0350. The molecule has 0 spiro atoms. The van der Waals surface area contributed by atoms with E-state index in [1.165, 1.54) is 0 Å². The van der Waals surface area contributed by atoms with E-state index in [0.29, 0.717) is 5.02 Å². The number of nitrogens with one attached hydrogen (secondary N) is 1. The highest BCUT2D eigenvalue weighted by atomic mass is 35.5. The summed E-state index contributed by atoms with van der Waals surface area (Å²) >= 11 is 6.13. The van der Waals surface area contributed by atoms with Crippen LogP contribution in [0.3, 0.4) is 0 Å². The van der Waals surface area contributed by atoms with Crippen molar-refractivity contribution < 1.29 is 4.79 Å². The number of carbonyl (C=O) groups is 1. The number of fused-ring (bicyclic) bond motifs is 1. The lowest BCUT2D eigenvalue weighted by Crippen LogP contribution is -2.06. The van der Waals surface area contributed by atoms with E-state index in [-0.39, 0.29) is 5.91 Å². The molecule has 2 nitrogen and oxygen atoms in total. The van der Waals surface area contributed by atoms with Crippen molar-refractivity contribution in [3.8, 4) is 0 Å². The third kappa shape index (κ3) is 2.79. The minimum Gasteiger partial charge on any atom is -0.321 e. The van der Waals surface area contributed by atoms with Gasteiger partial charge >= 0.3 is 0 Å². The molecule has 0 aromatic heterocycles. The number of hydrogen-bond donors (Lipinski definition) is 1. The van der Waals surface area contributed by atoms with Crippen LogP contribution in [-0.4, -0.2) is 5.91 Å². The van der Waals surface area contributed by atoms with Crippen molar-refractivity contribution in [2.24, 2.45) is 0 Å². The molecule has 0 unspecified atom stereocenters. The summed E-state index contributed by atoms with van der Waals surface area (Å²) in [5.41, 5.74) is 4.72. The number of carbonyl (C=O) groups excluding carboxylic acids is 1. The third-order valence-corrected chi connectivity index (χ3v) is 4.17. The van der Waals surface area contributed by atoms with E-state index in [0.717, 1.165) is 47.2 Å². The number of unbranched alkanes of at least 4 members (excludes halogenated alkanes) is 1. The van der Waals surface area contributed by atoms with E-state index in [1.807, 2.05) is 30.3 Å². The molecule has 3 rings (SSSR count). The van der Waals surface area contributed by atoms with Crippen molar-refractivity contribution in [2.45, 2.75) is 26.2 Å². The van der Waals surface area contributed by atoms with Gasteiger partial charge in [0, 0.05) is 16.3 Å². The first-order valence-corrected chi connectivity index (χ1v) is 7.98. The van der Waals surface area contributed by atoms with Gasteiger partial charge in [-0.1, -0.05) is 55.3 Å². The maximum absolute atomic E-state index is 12.5. The van der Waals surface area contributed by atoms with E-state index in [9.17, 15) is 4.79 Å². The molecule has 3 heteroatoms. The lowest BCUT2D eigenvalue weighted by Gasteiger charge is -2.11. The molecular formula is C19H18ClNO. The molecule has 1 amide bonds. The molecule has 1 aliphatic rings. The molecule has 2 aromatic carbocycles. The average Bonchev–Trinajstić information content (AvgIpc) is 2.85. The monoisotopic (exact) mass is 311 g/mol. The second-order valence-electron chi connectivity index (χ2n) is 5.47. The first-order valence-electron chi connectivity index (χ1n) is 7.60. The minimum absolute atomic E-state index is 0.0350. The lowest BCUT2D eigenvalue weighted by atomic mass is 9.92. The van der Waals surface area contributed by atoms with Gasteiger partial charge in [0.15, 0.2) is 0 Å². The summed E-state index contributed by atoms with van der Waals surface area (Å²) in [5, 5.41) is 3.59. The Balaban J connectivity index is 2.19. The van der Waals surface area contributed by atoms with Gasteiger partial charge in [-0.05, 0) is 42.2 Å². The van der Waals surface area contributed by atoms with Crippen molar-refractivity contribution >= 4 is 34.3 Å². The Morgan fingerprint density at radius 3 is 2.64 bits per heavy atom. The van der Waals surface area contributed by atoms with Crippen LogP contribution in [0.4, 0.5) is 5.69 Å². The Hall–Kier alpha value is -2.06. The molecule has 0 radical (unpaired) electrons. The van der Waals surface area contributed by atoms with Crippen molar-refractivity contribution in [3.05, 3.63) is 64.7 Å². The fraction of sp³-hybridized carbons (Fsp3) is 0.211. The van der Waals surface area contributed by atoms with Gasteiger partial charge in [0.2, 0.25) is 0 Å². The van der Waals surface area contributed by atoms with Gasteiger partial charge in [-0.25, -0.2) is 0 Å². The molecule has 2 aromatic rings. The predicted octanol–water partition coefficient (Wildman–Crippen LogP) is 5.39. The maximum atomic E-state index is 12.5. The molecule has 1 heterocycles. The van der Waals surface area contributed by atoms with E-state index in [1.54, 1.807) is 6.07 Å². The number of amides is 1. The quantitative estimate of drug-likeness (QED) is 0.753. The van der Waals surface area contributed by atoms with E-state index < -0.39 is 0 Å². The highest BCUT2D eigenvalue weighted by Gasteiger charge is 2.27. The molecule has 112 valence electrons. The van der Waals surface area contributed by atoms with Crippen LogP contribution in [0.25, 0.3) is 11.1 Å². The average molecular weight is 312 g/mol. The molecule has 0 saturated carbocycles. The molecule has 0 atom stereocenters. The Labute approximate surface area is 135 Å². The van der Waals surface area contributed by atoms with E-state index in [4.69, 9.17) is 11.6 Å². The summed E-state index contributed by atoms with van der Waals surface area (Å²) in [6.45, 7) is 2.16. The van der Waals surface area contributed by atoms with Crippen LogP contribution in [-0.2, 0) is 4.79 Å². The van der Waals surface area contributed by atoms with Gasteiger partial charge in [0.25, 0.3) is 5.91 Å². The zero-order valence-electron chi connectivity index (χ0n) is 12.5. The van der Waals surface area contributed by atoms with Gasteiger partial charge in [0.05, 0.1) is 5.57 Å². The topological polar surface area (TPSA) is 29.1 Å². The Bertz CT molecular complexity index is 734. The van der Waals surface area contributed by atoms with Crippen molar-refractivity contribution in [3.63, 3.8) is 0 Å². The first kappa shape index (κ1) is 14.9. The fourth-order valence-electron chi connectivity index (χ4n) is 2.85. The summed E-state index contributed by atoms with van der Waals surface area (Å²) in [4.78, 5) is 12.5. The standard InChI is InChI=1S/C19H18ClNO/c1-2-3-9-15(13-7-5-4-6-8-13)18-16-12-14(20)10-11-17(16)21-19(18)22/h4-8,10-12H,2-3,9H2,1H3,(H,21,22)/b18-15-. The fourth-order valence-corrected chi connectivity index (χ4v) is 3.02. The van der Waals surface area contributed by atoms with Gasteiger partial charge in [-0.15, -0.1) is 0 Å². The molecule has 0 fully saturated rings. The number of halogens is 1. The molecule has 1 N–H and O–H groups in total. The lowest BCUT2D eigenvalue weighted by molar-refractivity contribution is -0.110. The molecule has 0 aliphatic carbocycles. The van der Waals surface area contributed by atoms with E-state index >= 15 is 0 Å². The summed E-state index contributed by atoms with van der Waals surface area (Å²) in [7, 11) is 0. The molecular weight excluding hydrogens is 294 g/mol. The summed E-state index contributed by atoms with van der Waals surface area (Å²) < 4.78 is 0. The number of rotatable bonds is 4. The zero-order valence-corrected chi connectivity index (χ0v) is 13.3. The zero-order chi connectivity index (χ0) is 15.5. The summed E-state index contributed by atoms with van der Waals surface area (Å²) in [6.07, 6.45) is 3.03. The Morgan fingerprint density at radius 1 is 1.14 bits per heavy atom.